The lowest BCUT2D eigenvalue weighted by Gasteiger charge is -2.07. The van der Waals surface area contributed by atoms with Crippen molar-refractivity contribution in [3.8, 4) is 16.9 Å². The Morgan fingerprint density at radius 2 is 1.61 bits per heavy atom. The smallest absolute Gasteiger partial charge is 0.412 e. The lowest BCUT2D eigenvalue weighted by atomic mass is 10.1. The van der Waals surface area contributed by atoms with Crippen molar-refractivity contribution in [1.82, 2.24) is 5.32 Å². The highest BCUT2D eigenvalue weighted by molar-refractivity contribution is 5.85. The van der Waals surface area contributed by atoms with Crippen LogP contribution in [0.5, 0.6) is 5.75 Å². The maximum atomic E-state index is 11.6. The molecule has 2 aromatic carbocycles. The minimum atomic E-state index is -1.07. The van der Waals surface area contributed by atoms with Gasteiger partial charge < -0.3 is 15.2 Å². The highest BCUT2D eigenvalue weighted by Crippen LogP contribution is 2.22. The third-order valence-electron chi connectivity index (χ3n) is 3.17. The van der Waals surface area contributed by atoms with Gasteiger partial charge in [-0.1, -0.05) is 49.0 Å². The van der Waals surface area contributed by atoms with Crippen LogP contribution in [0.4, 0.5) is 4.79 Å². The van der Waals surface area contributed by atoms with Crippen molar-refractivity contribution in [2.75, 3.05) is 6.54 Å². The summed E-state index contributed by atoms with van der Waals surface area (Å²) in [6, 6.07) is 17.0. The van der Waals surface area contributed by atoms with Crippen LogP contribution in [0.3, 0.4) is 0 Å². The van der Waals surface area contributed by atoms with E-state index in [1.165, 1.54) is 0 Å². The van der Waals surface area contributed by atoms with Gasteiger partial charge in [0.2, 0.25) is 0 Å². The zero-order chi connectivity index (χ0) is 16.7. The van der Waals surface area contributed by atoms with Gasteiger partial charge in [0.15, 0.2) is 0 Å². The van der Waals surface area contributed by atoms with E-state index in [1.807, 2.05) is 42.5 Å². The summed E-state index contributed by atoms with van der Waals surface area (Å²) >= 11 is 0. The second-order valence-electron chi connectivity index (χ2n) is 4.87. The van der Waals surface area contributed by atoms with Crippen molar-refractivity contribution in [2.24, 2.45) is 0 Å². The number of carbonyl (C=O) groups excluding carboxylic acids is 1. The molecule has 5 nitrogen and oxygen atoms in total. The summed E-state index contributed by atoms with van der Waals surface area (Å²) in [5, 5.41) is 11.1. The van der Waals surface area contributed by atoms with E-state index in [-0.39, 0.29) is 18.5 Å². The van der Waals surface area contributed by atoms with Crippen LogP contribution in [0.2, 0.25) is 0 Å². The lowest BCUT2D eigenvalue weighted by molar-refractivity contribution is -0.132. The maximum Gasteiger partial charge on any atom is 0.412 e. The van der Waals surface area contributed by atoms with Crippen molar-refractivity contribution in [2.45, 2.75) is 6.42 Å². The van der Waals surface area contributed by atoms with Gasteiger partial charge in [-0.3, -0.25) is 0 Å². The number of benzene rings is 2. The molecule has 0 aliphatic heterocycles. The Balaban J connectivity index is 1.85. The maximum absolute atomic E-state index is 11.6. The number of rotatable bonds is 6. The van der Waals surface area contributed by atoms with Crippen LogP contribution in [0.15, 0.2) is 66.7 Å². The van der Waals surface area contributed by atoms with Crippen LogP contribution in [0, 0.1) is 0 Å². The van der Waals surface area contributed by atoms with Crippen LogP contribution >= 0.6 is 0 Å². The molecule has 1 amide bonds. The molecule has 0 atom stereocenters. The van der Waals surface area contributed by atoms with E-state index >= 15 is 0 Å². The Bertz CT molecular complexity index is 693. The van der Waals surface area contributed by atoms with E-state index in [2.05, 4.69) is 11.9 Å². The molecular formula is C18H17NO4. The van der Waals surface area contributed by atoms with Crippen molar-refractivity contribution in [1.29, 1.82) is 0 Å². The molecule has 0 aliphatic rings. The normalized spacial score (nSPS) is 9.91. The molecule has 0 heterocycles. The quantitative estimate of drug-likeness (QED) is 0.801. The van der Waals surface area contributed by atoms with Gasteiger partial charge in [-0.15, -0.1) is 0 Å². The Morgan fingerprint density at radius 3 is 2.22 bits per heavy atom. The number of ether oxygens (including phenoxy) is 1. The number of carbonyl (C=O) groups is 2. The Hall–Kier alpha value is -3.08. The molecule has 2 aromatic rings. The number of aliphatic carboxylic acids is 1. The summed E-state index contributed by atoms with van der Waals surface area (Å²) < 4.78 is 5.12. The summed E-state index contributed by atoms with van der Waals surface area (Å²) in [7, 11) is 0. The molecule has 0 saturated carbocycles. The molecule has 2 rings (SSSR count). The Labute approximate surface area is 134 Å². The van der Waals surface area contributed by atoms with Crippen molar-refractivity contribution >= 4 is 12.1 Å². The van der Waals surface area contributed by atoms with E-state index < -0.39 is 12.1 Å². The van der Waals surface area contributed by atoms with Crippen LogP contribution in [-0.2, 0) is 4.79 Å². The first-order valence-electron chi connectivity index (χ1n) is 7.08. The van der Waals surface area contributed by atoms with E-state index in [9.17, 15) is 9.59 Å². The zero-order valence-corrected chi connectivity index (χ0v) is 12.5. The van der Waals surface area contributed by atoms with Gasteiger partial charge in [-0.05, 0) is 29.7 Å². The van der Waals surface area contributed by atoms with Crippen molar-refractivity contribution in [3.63, 3.8) is 0 Å². The topological polar surface area (TPSA) is 75.6 Å². The molecule has 118 valence electrons. The summed E-state index contributed by atoms with van der Waals surface area (Å²) in [6.45, 7) is 3.54. The van der Waals surface area contributed by atoms with Crippen LogP contribution in [-0.4, -0.2) is 23.7 Å². The first-order valence-corrected chi connectivity index (χ1v) is 7.08. The van der Waals surface area contributed by atoms with Gasteiger partial charge in [0, 0.05) is 12.1 Å². The molecule has 2 N–H and O–H groups in total. The zero-order valence-electron chi connectivity index (χ0n) is 12.5. The van der Waals surface area contributed by atoms with Gasteiger partial charge in [0.25, 0.3) is 0 Å². The monoisotopic (exact) mass is 311 g/mol. The molecule has 0 saturated heterocycles. The van der Waals surface area contributed by atoms with E-state index in [0.717, 1.165) is 11.1 Å². The van der Waals surface area contributed by atoms with Crippen LogP contribution in [0.1, 0.15) is 6.42 Å². The summed E-state index contributed by atoms with van der Waals surface area (Å²) in [6.07, 6.45) is -0.465. The number of amides is 1. The molecule has 0 radical (unpaired) electrons. The molecule has 0 aromatic heterocycles. The average Bonchev–Trinajstić information content (AvgIpc) is 2.56. The molecule has 0 unspecified atom stereocenters. The Kier molecular flexibility index (Phi) is 5.52. The minimum Gasteiger partial charge on any atom is -0.478 e. The number of nitrogens with one attached hydrogen (secondary N) is 1. The molecule has 0 aliphatic carbocycles. The minimum absolute atomic E-state index is 0.0394. The van der Waals surface area contributed by atoms with Gasteiger partial charge in [-0.25, -0.2) is 9.59 Å². The summed E-state index contributed by atoms with van der Waals surface area (Å²) in [5.74, 6) is -0.657. The van der Waals surface area contributed by atoms with Crippen molar-refractivity contribution < 1.29 is 19.4 Å². The molecule has 0 bridgehead atoms. The van der Waals surface area contributed by atoms with Crippen molar-refractivity contribution in [3.05, 3.63) is 66.7 Å². The Morgan fingerprint density at radius 1 is 1.00 bits per heavy atom. The van der Waals surface area contributed by atoms with Crippen LogP contribution in [0.25, 0.3) is 11.1 Å². The van der Waals surface area contributed by atoms with Gasteiger partial charge in [-0.2, -0.15) is 0 Å². The fourth-order valence-corrected chi connectivity index (χ4v) is 1.91. The highest BCUT2D eigenvalue weighted by Gasteiger charge is 2.07. The van der Waals surface area contributed by atoms with Gasteiger partial charge >= 0.3 is 12.1 Å². The molecular weight excluding hydrogens is 294 g/mol. The molecule has 0 fully saturated rings. The SMILES string of the molecule is C=C(CCNC(=O)Oc1ccc(-c2ccccc2)cc1)C(=O)O. The number of carboxylic acid groups (broad SMARTS) is 1. The third-order valence-corrected chi connectivity index (χ3v) is 3.17. The summed E-state index contributed by atoms with van der Waals surface area (Å²) in [4.78, 5) is 22.2. The molecule has 23 heavy (non-hydrogen) atoms. The van der Waals surface area contributed by atoms with Crippen LogP contribution < -0.4 is 10.1 Å². The lowest BCUT2D eigenvalue weighted by Crippen LogP contribution is -2.28. The number of hydrogen-bond donors (Lipinski definition) is 2. The van der Waals surface area contributed by atoms with Gasteiger partial charge in [0.1, 0.15) is 5.75 Å². The first-order chi connectivity index (χ1) is 11.1. The largest absolute Gasteiger partial charge is 0.478 e. The summed E-state index contributed by atoms with van der Waals surface area (Å²) in [5.41, 5.74) is 2.14. The standard InChI is InChI=1S/C18H17NO4/c1-13(17(20)21)11-12-19-18(22)23-16-9-7-15(8-10-16)14-5-3-2-4-6-14/h2-10H,1,11-12H2,(H,19,22)(H,20,21). The van der Waals surface area contributed by atoms with E-state index in [1.54, 1.807) is 12.1 Å². The highest BCUT2D eigenvalue weighted by atomic mass is 16.6. The average molecular weight is 311 g/mol. The predicted molar refractivity (Wildman–Crippen MR) is 87.3 cm³/mol. The second kappa shape index (κ2) is 7.79. The molecule has 5 heteroatoms. The fraction of sp³-hybridized carbons (Fsp3) is 0.111. The number of hydrogen-bond acceptors (Lipinski definition) is 3. The molecule has 0 spiro atoms. The number of carboxylic acids is 1. The van der Waals surface area contributed by atoms with E-state index in [4.69, 9.17) is 9.84 Å². The third kappa shape index (κ3) is 5.00. The van der Waals surface area contributed by atoms with Gasteiger partial charge in [0.05, 0.1) is 0 Å². The fourth-order valence-electron chi connectivity index (χ4n) is 1.91. The van der Waals surface area contributed by atoms with E-state index in [0.29, 0.717) is 5.75 Å². The first kappa shape index (κ1) is 16.3. The predicted octanol–water partition coefficient (Wildman–Crippen LogP) is 3.47. The second-order valence-corrected chi connectivity index (χ2v) is 4.87.